The van der Waals surface area contributed by atoms with Crippen LogP contribution in [0.4, 0.5) is 11.6 Å². The lowest BCUT2D eigenvalue weighted by atomic mass is 10.00. The Bertz CT molecular complexity index is 1030. The summed E-state index contributed by atoms with van der Waals surface area (Å²) in [7, 11) is 0. The Morgan fingerprint density at radius 3 is 2.86 bits per heavy atom. The first-order valence-corrected chi connectivity index (χ1v) is 11.0. The summed E-state index contributed by atoms with van der Waals surface area (Å²) in [6.07, 6.45) is 3.02. The maximum absolute atomic E-state index is 10.8. The van der Waals surface area contributed by atoms with E-state index in [4.69, 9.17) is 9.97 Å². The van der Waals surface area contributed by atoms with E-state index in [0.717, 1.165) is 71.6 Å². The van der Waals surface area contributed by atoms with Gasteiger partial charge in [-0.2, -0.15) is 0 Å². The molecular weight excluding hydrogens is 404 g/mol. The summed E-state index contributed by atoms with van der Waals surface area (Å²) >= 11 is 5.98. The van der Waals surface area contributed by atoms with E-state index in [-0.39, 0.29) is 0 Å². The zero-order valence-electron chi connectivity index (χ0n) is 15.8. The third kappa shape index (κ3) is 3.88. The average molecular weight is 427 g/mol. The van der Waals surface area contributed by atoms with Crippen molar-refractivity contribution in [2.45, 2.75) is 24.0 Å². The summed E-state index contributed by atoms with van der Waals surface area (Å²) in [5.74, 6) is 0.535. The highest BCUT2D eigenvalue weighted by Gasteiger charge is 2.28. The molecular formula is C20H22N6OS2. The number of hydrogen-bond donors (Lipinski definition) is 4. The number of piperazine rings is 1. The Balaban J connectivity index is 1.44. The third-order valence-corrected chi connectivity index (χ3v) is 6.68. The molecule has 150 valence electrons. The molecule has 7 nitrogen and oxygen atoms in total. The topological polar surface area (TPSA) is 86.2 Å². The summed E-state index contributed by atoms with van der Waals surface area (Å²) in [4.78, 5) is 18.2. The van der Waals surface area contributed by atoms with Gasteiger partial charge < -0.3 is 15.7 Å². The Morgan fingerprint density at radius 1 is 1.17 bits per heavy atom. The second kappa shape index (κ2) is 8.00. The number of aliphatic hydroxyl groups is 1. The summed E-state index contributed by atoms with van der Waals surface area (Å²) in [6.45, 7) is 3.42. The standard InChI is InChI=1S/C20H22N6OS2/c27-19(26-8-6-21-7-9-26)18-24-17-15(29-18)5-4-12-11-22-20(25-16(12)17)23-13-2-1-3-14(28)10-13/h1-3,10-11,19,21,27-28H,4-9H2,(H,22,23,25). The fourth-order valence-electron chi connectivity index (χ4n) is 3.73. The first kappa shape index (κ1) is 19.0. The molecule has 5 rings (SSSR count). The van der Waals surface area contributed by atoms with E-state index in [1.807, 2.05) is 30.5 Å². The van der Waals surface area contributed by atoms with Crippen LogP contribution in [0.1, 0.15) is 21.7 Å². The lowest BCUT2D eigenvalue weighted by Gasteiger charge is -2.30. The van der Waals surface area contributed by atoms with Gasteiger partial charge in [0, 0.05) is 47.8 Å². The van der Waals surface area contributed by atoms with Crippen molar-refractivity contribution in [1.29, 1.82) is 0 Å². The lowest BCUT2D eigenvalue weighted by Crippen LogP contribution is -2.45. The van der Waals surface area contributed by atoms with E-state index in [1.165, 1.54) is 4.88 Å². The number of thiazole rings is 1. The van der Waals surface area contributed by atoms with Crippen LogP contribution in [0.2, 0.25) is 0 Å². The van der Waals surface area contributed by atoms with Gasteiger partial charge in [-0.25, -0.2) is 15.0 Å². The summed E-state index contributed by atoms with van der Waals surface area (Å²) < 4.78 is 0. The van der Waals surface area contributed by atoms with Crippen molar-refractivity contribution in [3.05, 3.63) is 45.9 Å². The second-order valence-electron chi connectivity index (χ2n) is 7.23. The molecule has 3 N–H and O–H groups in total. The lowest BCUT2D eigenvalue weighted by molar-refractivity contribution is -0.00553. The van der Waals surface area contributed by atoms with Crippen LogP contribution in [0.3, 0.4) is 0 Å². The van der Waals surface area contributed by atoms with Crippen LogP contribution in [-0.2, 0) is 12.8 Å². The number of aromatic nitrogens is 3. The predicted octanol–water partition coefficient (Wildman–Crippen LogP) is 2.63. The summed E-state index contributed by atoms with van der Waals surface area (Å²) in [6, 6.07) is 7.75. The number of hydrogen-bond acceptors (Lipinski definition) is 9. The minimum absolute atomic E-state index is 0.535. The monoisotopic (exact) mass is 426 g/mol. The van der Waals surface area contributed by atoms with Crippen LogP contribution in [0.25, 0.3) is 11.4 Å². The van der Waals surface area contributed by atoms with Crippen LogP contribution in [0.5, 0.6) is 0 Å². The van der Waals surface area contributed by atoms with Crippen molar-refractivity contribution in [3.63, 3.8) is 0 Å². The molecule has 2 aliphatic rings. The molecule has 0 radical (unpaired) electrons. The quantitative estimate of drug-likeness (QED) is 0.477. The normalized spacial score (nSPS) is 17.4. The molecule has 1 fully saturated rings. The molecule has 1 aliphatic carbocycles. The molecule has 3 heterocycles. The van der Waals surface area contributed by atoms with Crippen molar-refractivity contribution in [2.24, 2.45) is 0 Å². The van der Waals surface area contributed by atoms with E-state index >= 15 is 0 Å². The van der Waals surface area contributed by atoms with E-state index in [9.17, 15) is 5.11 Å². The van der Waals surface area contributed by atoms with Gasteiger partial charge in [-0.05, 0) is 36.6 Å². The maximum atomic E-state index is 10.8. The van der Waals surface area contributed by atoms with Gasteiger partial charge in [0.2, 0.25) is 5.95 Å². The zero-order chi connectivity index (χ0) is 19.8. The molecule has 0 saturated carbocycles. The summed E-state index contributed by atoms with van der Waals surface area (Å²) in [5, 5.41) is 18.1. The number of thiol groups is 1. The van der Waals surface area contributed by atoms with Crippen molar-refractivity contribution < 1.29 is 5.11 Å². The number of nitrogens with zero attached hydrogens (tertiary/aromatic N) is 4. The number of nitrogens with one attached hydrogen (secondary N) is 2. The number of rotatable bonds is 4. The SMILES string of the molecule is OC(c1nc2c(s1)CCc1cnc(Nc3cccc(S)c3)nc1-2)N1CCNCC1. The summed E-state index contributed by atoms with van der Waals surface area (Å²) in [5.41, 5.74) is 3.73. The van der Waals surface area contributed by atoms with E-state index in [1.54, 1.807) is 11.3 Å². The van der Waals surface area contributed by atoms with Crippen LogP contribution in [0, 0.1) is 0 Å². The number of benzene rings is 1. The highest BCUT2D eigenvalue weighted by Crippen LogP contribution is 2.38. The second-order valence-corrected chi connectivity index (χ2v) is 8.86. The first-order chi connectivity index (χ1) is 14.2. The van der Waals surface area contributed by atoms with Crippen molar-refractivity contribution in [3.8, 4) is 11.4 Å². The van der Waals surface area contributed by atoms with Gasteiger partial charge in [0.15, 0.2) is 6.23 Å². The molecule has 0 bridgehead atoms. The fourth-order valence-corrected chi connectivity index (χ4v) is 5.05. The van der Waals surface area contributed by atoms with Crippen LogP contribution in [0.15, 0.2) is 35.4 Å². The van der Waals surface area contributed by atoms with E-state index in [2.05, 4.69) is 33.1 Å². The predicted molar refractivity (Wildman–Crippen MR) is 117 cm³/mol. The first-order valence-electron chi connectivity index (χ1n) is 9.72. The highest BCUT2D eigenvalue weighted by atomic mass is 32.1. The van der Waals surface area contributed by atoms with E-state index in [0.29, 0.717) is 5.95 Å². The Morgan fingerprint density at radius 2 is 2.03 bits per heavy atom. The van der Waals surface area contributed by atoms with Gasteiger partial charge in [-0.1, -0.05) is 6.07 Å². The number of fused-ring (bicyclic) bond motifs is 3. The minimum atomic E-state index is -0.659. The van der Waals surface area contributed by atoms with Crippen molar-refractivity contribution in [1.82, 2.24) is 25.2 Å². The van der Waals surface area contributed by atoms with Gasteiger partial charge in [0.05, 0.1) is 5.69 Å². The zero-order valence-corrected chi connectivity index (χ0v) is 17.5. The van der Waals surface area contributed by atoms with Gasteiger partial charge in [0.1, 0.15) is 10.7 Å². The Kier molecular flexibility index (Phi) is 5.23. The molecule has 1 unspecified atom stereocenters. The largest absolute Gasteiger partial charge is 0.372 e. The number of aliphatic hydroxyl groups excluding tert-OH is 1. The molecule has 1 atom stereocenters. The van der Waals surface area contributed by atoms with Crippen molar-refractivity contribution >= 4 is 35.6 Å². The molecule has 1 saturated heterocycles. The molecule has 9 heteroatoms. The highest BCUT2D eigenvalue weighted by molar-refractivity contribution is 7.80. The average Bonchev–Trinajstić information content (AvgIpc) is 3.19. The molecule has 29 heavy (non-hydrogen) atoms. The van der Waals surface area contributed by atoms with Gasteiger partial charge in [0.25, 0.3) is 0 Å². The van der Waals surface area contributed by atoms with Crippen molar-refractivity contribution in [2.75, 3.05) is 31.5 Å². The number of aryl methyl sites for hydroxylation is 2. The molecule has 0 amide bonds. The molecule has 1 aliphatic heterocycles. The Labute approximate surface area is 178 Å². The smallest absolute Gasteiger partial charge is 0.227 e. The molecule has 1 aromatic carbocycles. The van der Waals surface area contributed by atoms with Gasteiger partial charge >= 0.3 is 0 Å². The third-order valence-electron chi connectivity index (χ3n) is 5.24. The molecule has 2 aromatic heterocycles. The Hall–Kier alpha value is -2.04. The van der Waals surface area contributed by atoms with Gasteiger partial charge in [-0.15, -0.1) is 24.0 Å². The maximum Gasteiger partial charge on any atom is 0.227 e. The van der Waals surface area contributed by atoms with Crippen LogP contribution >= 0.6 is 24.0 Å². The minimum Gasteiger partial charge on any atom is -0.372 e. The number of anilines is 2. The van der Waals surface area contributed by atoms with Crippen LogP contribution in [-0.4, -0.2) is 51.1 Å². The van der Waals surface area contributed by atoms with Crippen LogP contribution < -0.4 is 10.6 Å². The van der Waals surface area contributed by atoms with Gasteiger partial charge in [-0.3, -0.25) is 4.90 Å². The molecule has 3 aromatic rings. The van der Waals surface area contributed by atoms with E-state index < -0.39 is 6.23 Å². The molecule has 0 spiro atoms. The fraction of sp³-hybridized carbons (Fsp3) is 0.350.